The average molecular weight is 266 g/mol. The van der Waals surface area contributed by atoms with Gasteiger partial charge >= 0.3 is 0 Å². The fourth-order valence-electron chi connectivity index (χ4n) is 3.21. The smallest absolute Gasteiger partial charge is 0.185 e. The molecule has 1 unspecified atom stereocenters. The van der Waals surface area contributed by atoms with Gasteiger partial charge in [0.25, 0.3) is 0 Å². The lowest BCUT2D eigenvalue weighted by molar-refractivity contribution is 0.160. The number of nitrogens with zero attached hydrogens (tertiary/aromatic N) is 2. The van der Waals surface area contributed by atoms with Crippen LogP contribution in [0, 0.1) is 5.92 Å². The van der Waals surface area contributed by atoms with Crippen molar-refractivity contribution in [2.75, 3.05) is 18.5 Å². The Morgan fingerprint density at radius 3 is 2.78 bits per heavy atom. The van der Waals surface area contributed by atoms with Crippen molar-refractivity contribution in [1.29, 1.82) is 0 Å². The summed E-state index contributed by atoms with van der Waals surface area (Å²) in [6.07, 6.45) is 8.29. The SMILES string of the molecule is CN(CC1CCCC1)c1nc2c(s1)C(O)CCC2. The number of fused-ring (bicyclic) bond motifs is 1. The molecule has 0 bridgehead atoms. The van der Waals surface area contributed by atoms with Crippen molar-refractivity contribution in [3.63, 3.8) is 0 Å². The van der Waals surface area contributed by atoms with Crippen molar-refractivity contribution in [1.82, 2.24) is 4.98 Å². The third-order valence-electron chi connectivity index (χ3n) is 4.24. The molecule has 0 amide bonds. The van der Waals surface area contributed by atoms with Crippen LogP contribution in [0.3, 0.4) is 0 Å². The molecule has 3 rings (SSSR count). The van der Waals surface area contributed by atoms with Crippen LogP contribution >= 0.6 is 11.3 Å². The normalized spacial score (nSPS) is 24.2. The van der Waals surface area contributed by atoms with Crippen LogP contribution in [0.5, 0.6) is 0 Å². The van der Waals surface area contributed by atoms with Gasteiger partial charge in [-0.15, -0.1) is 0 Å². The summed E-state index contributed by atoms with van der Waals surface area (Å²) in [6.45, 7) is 1.13. The monoisotopic (exact) mass is 266 g/mol. The Hall–Kier alpha value is -0.610. The van der Waals surface area contributed by atoms with Gasteiger partial charge in [-0.3, -0.25) is 0 Å². The quantitative estimate of drug-likeness (QED) is 0.913. The Bertz CT molecular complexity index is 412. The third-order valence-corrected chi connectivity index (χ3v) is 5.56. The highest BCUT2D eigenvalue weighted by atomic mass is 32.1. The largest absolute Gasteiger partial charge is 0.388 e. The van der Waals surface area contributed by atoms with Crippen molar-refractivity contribution < 1.29 is 5.11 Å². The number of hydrogen-bond donors (Lipinski definition) is 1. The number of thiazole rings is 1. The van der Waals surface area contributed by atoms with Crippen LogP contribution < -0.4 is 4.90 Å². The number of rotatable bonds is 3. The molecule has 0 radical (unpaired) electrons. The van der Waals surface area contributed by atoms with Crippen molar-refractivity contribution in [2.24, 2.45) is 5.92 Å². The topological polar surface area (TPSA) is 36.4 Å². The van der Waals surface area contributed by atoms with Gasteiger partial charge in [0, 0.05) is 13.6 Å². The van der Waals surface area contributed by atoms with Crippen molar-refractivity contribution in [3.8, 4) is 0 Å². The van der Waals surface area contributed by atoms with Gasteiger partial charge in [0.15, 0.2) is 5.13 Å². The van der Waals surface area contributed by atoms with E-state index in [1.165, 1.54) is 25.7 Å². The van der Waals surface area contributed by atoms with Gasteiger partial charge in [-0.1, -0.05) is 24.2 Å². The Morgan fingerprint density at radius 2 is 2.06 bits per heavy atom. The summed E-state index contributed by atoms with van der Waals surface area (Å²) < 4.78 is 0. The highest BCUT2D eigenvalue weighted by molar-refractivity contribution is 7.15. The molecule has 1 aromatic heterocycles. The summed E-state index contributed by atoms with van der Waals surface area (Å²) in [5, 5.41) is 11.1. The first-order valence-electron chi connectivity index (χ1n) is 7.13. The van der Waals surface area contributed by atoms with Crippen molar-refractivity contribution in [2.45, 2.75) is 51.0 Å². The summed E-state index contributed by atoms with van der Waals surface area (Å²) in [4.78, 5) is 8.14. The standard InChI is InChI=1S/C14H22N2OS/c1-16(9-10-5-2-3-6-10)14-15-11-7-4-8-12(17)13(11)18-14/h10,12,17H,2-9H2,1H3. The Kier molecular flexibility index (Phi) is 3.57. The molecule has 0 spiro atoms. The summed E-state index contributed by atoms with van der Waals surface area (Å²) in [5.41, 5.74) is 1.15. The second-order valence-corrected chi connectivity index (χ2v) is 6.76. The summed E-state index contributed by atoms with van der Waals surface area (Å²) in [6, 6.07) is 0. The van der Waals surface area contributed by atoms with E-state index < -0.39 is 0 Å². The van der Waals surface area contributed by atoms with Crippen LogP contribution in [-0.4, -0.2) is 23.7 Å². The van der Waals surface area contributed by atoms with E-state index in [0.29, 0.717) is 0 Å². The highest BCUT2D eigenvalue weighted by Gasteiger charge is 2.25. The summed E-state index contributed by atoms with van der Waals surface area (Å²) >= 11 is 1.70. The lowest BCUT2D eigenvalue weighted by atomic mass is 10.0. The fourth-order valence-corrected chi connectivity index (χ4v) is 4.31. The molecule has 2 aliphatic carbocycles. The summed E-state index contributed by atoms with van der Waals surface area (Å²) in [5.74, 6) is 0.848. The maximum absolute atomic E-state index is 9.99. The molecule has 0 aliphatic heterocycles. The lowest BCUT2D eigenvalue weighted by Gasteiger charge is -2.19. The molecule has 1 fully saturated rings. The minimum atomic E-state index is -0.264. The molecule has 1 N–H and O–H groups in total. The van der Waals surface area contributed by atoms with E-state index in [1.807, 2.05) is 0 Å². The number of aliphatic hydroxyl groups is 1. The van der Waals surface area contributed by atoms with Crippen LogP contribution in [0.2, 0.25) is 0 Å². The van der Waals surface area contributed by atoms with Crippen LogP contribution in [0.4, 0.5) is 5.13 Å². The van der Waals surface area contributed by atoms with Crippen molar-refractivity contribution >= 4 is 16.5 Å². The lowest BCUT2D eigenvalue weighted by Crippen LogP contribution is -2.23. The Balaban J connectivity index is 1.71. The minimum Gasteiger partial charge on any atom is -0.388 e. The molecule has 0 aromatic carbocycles. The summed E-state index contributed by atoms with van der Waals surface area (Å²) in [7, 11) is 2.15. The van der Waals surface area contributed by atoms with Crippen molar-refractivity contribution in [3.05, 3.63) is 10.6 Å². The first kappa shape index (κ1) is 12.4. The average Bonchev–Trinajstić information content (AvgIpc) is 2.97. The van der Waals surface area contributed by atoms with Gasteiger partial charge < -0.3 is 10.0 Å². The third kappa shape index (κ3) is 2.41. The first-order valence-corrected chi connectivity index (χ1v) is 7.94. The molecule has 1 saturated carbocycles. The maximum Gasteiger partial charge on any atom is 0.185 e. The molecular weight excluding hydrogens is 244 g/mol. The molecule has 0 saturated heterocycles. The van der Waals surface area contributed by atoms with Gasteiger partial charge in [-0.05, 0) is 38.0 Å². The molecule has 3 nitrogen and oxygen atoms in total. The van der Waals surface area contributed by atoms with Crippen LogP contribution in [0.15, 0.2) is 0 Å². The molecule has 18 heavy (non-hydrogen) atoms. The molecule has 1 heterocycles. The highest BCUT2D eigenvalue weighted by Crippen LogP contribution is 2.37. The Labute approximate surface area is 113 Å². The Morgan fingerprint density at radius 1 is 1.28 bits per heavy atom. The van der Waals surface area contributed by atoms with Crippen LogP contribution in [-0.2, 0) is 6.42 Å². The second kappa shape index (κ2) is 5.17. The molecule has 1 aromatic rings. The zero-order valence-corrected chi connectivity index (χ0v) is 11.9. The van der Waals surface area contributed by atoms with E-state index in [9.17, 15) is 5.11 Å². The molecular formula is C14H22N2OS. The van der Waals surface area contributed by atoms with E-state index in [4.69, 9.17) is 4.98 Å². The number of aromatic nitrogens is 1. The predicted octanol–water partition coefficient (Wildman–Crippen LogP) is 3.14. The van der Waals surface area contributed by atoms with Gasteiger partial charge in [0.1, 0.15) is 0 Å². The van der Waals surface area contributed by atoms with E-state index >= 15 is 0 Å². The first-order chi connectivity index (χ1) is 8.74. The number of anilines is 1. The minimum absolute atomic E-state index is 0.264. The van der Waals surface area contributed by atoms with Crippen LogP contribution in [0.25, 0.3) is 0 Å². The second-order valence-electron chi connectivity index (χ2n) is 5.75. The van der Waals surface area contributed by atoms with E-state index in [2.05, 4.69) is 11.9 Å². The predicted molar refractivity (Wildman–Crippen MR) is 75.2 cm³/mol. The number of aliphatic hydroxyl groups excluding tert-OH is 1. The zero-order chi connectivity index (χ0) is 12.5. The van der Waals surface area contributed by atoms with Gasteiger partial charge in [-0.25, -0.2) is 4.98 Å². The number of hydrogen-bond acceptors (Lipinski definition) is 4. The number of aryl methyl sites for hydroxylation is 1. The fraction of sp³-hybridized carbons (Fsp3) is 0.786. The molecule has 100 valence electrons. The molecule has 1 atom stereocenters. The van der Waals surface area contributed by atoms with E-state index in [0.717, 1.165) is 47.4 Å². The van der Waals surface area contributed by atoms with Gasteiger partial charge in [0.05, 0.1) is 16.7 Å². The van der Waals surface area contributed by atoms with E-state index in [-0.39, 0.29) is 6.10 Å². The zero-order valence-electron chi connectivity index (χ0n) is 11.1. The van der Waals surface area contributed by atoms with Crippen LogP contribution in [0.1, 0.15) is 55.2 Å². The molecule has 2 aliphatic rings. The maximum atomic E-state index is 9.99. The van der Waals surface area contributed by atoms with Gasteiger partial charge in [0.2, 0.25) is 0 Å². The van der Waals surface area contributed by atoms with Gasteiger partial charge in [-0.2, -0.15) is 0 Å². The molecule has 4 heteroatoms. The van der Waals surface area contributed by atoms with E-state index in [1.54, 1.807) is 11.3 Å².